The first kappa shape index (κ1) is 11.6. The van der Waals surface area contributed by atoms with Crippen LogP contribution in [-0.2, 0) is 13.1 Å². The highest BCUT2D eigenvalue weighted by Crippen LogP contribution is 2.14. The minimum Gasteiger partial charge on any atom is -0.379 e. The maximum atomic E-state index is 13.3. The highest BCUT2D eigenvalue weighted by Gasteiger charge is 1.99. The zero-order valence-electron chi connectivity index (χ0n) is 9.49. The standard InChI is InChI=1S/C14H15FN2/c15-13-3-1-2-4-14(13)17-10-12-7-5-11(9-16)6-8-12/h1-8,17H,9-10,16H2. The minimum absolute atomic E-state index is 0.230. The summed E-state index contributed by atoms with van der Waals surface area (Å²) in [5.41, 5.74) is 8.24. The molecule has 0 saturated heterocycles. The third-order valence-corrected chi connectivity index (χ3v) is 2.62. The molecule has 2 aromatic rings. The van der Waals surface area contributed by atoms with Crippen molar-refractivity contribution < 1.29 is 4.39 Å². The van der Waals surface area contributed by atoms with Gasteiger partial charge in [0.25, 0.3) is 0 Å². The fraction of sp³-hybridized carbons (Fsp3) is 0.143. The molecule has 3 N–H and O–H groups in total. The van der Waals surface area contributed by atoms with Crippen molar-refractivity contribution in [1.29, 1.82) is 0 Å². The van der Waals surface area contributed by atoms with Crippen molar-refractivity contribution in [2.24, 2.45) is 5.73 Å². The van der Waals surface area contributed by atoms with E-state index in [1.807, 2.05) is 30.3 Å². The van der Waals surface area contributed by atoms with E-state index in [1.54, 1.807) is 12.1 Å². The van der Waals surface area contributed by atoms with Gasteiger partial charge in [-0.15, -0.1) is 0 Å². The lowest BCUT2D eigenvalue weighted by Crippen LogP contribution is -2.02. The zero-order valence-corrected chi connectivity index (χ0v) is 9.49. The van der Waals surface area contributed by atoms with Gasteiger partial charge in [0, 0.05) is 13.1 Å². The van der Waals surface area contributed by atoms with E-state index in [1.165, 1.54) is 6.07 Å². The molecule has 2 aromatic carbocycles. The van der Waals surface area contributed by atoms with Gasteiger partial charge in [0.05, 0.1) is 5.69 Å². The molecule has 2 nitrogen and oxygen atoms in total. The number of para-hydroxylation sites is 1. The van der Waals surface area contributed by atoms with E-state index in [-0.39, 0.29) is 5.82 Å². The molecule has 2 rings (SSSR count). The second-order valence-corrected chi connectivity index (χ2v) is 3.85. The molecular formula is C14H15FN2. The van der Waals surface area contributed by atoms with Crippen LogP contribution in [0.15, 0.2) is 48.5 Å². The van der Waals surface area contributed by atoms with Crippen molar-refractivity contribution in [3.05, 3.63) is 65.5 Å². The first-order valence-corrected chi connectivity index (χ1v) is 5.56. The fourth-order valence-corrected chi connectivity index (χ4v) is 1.60. The van der Waals surface area contributed by atoms with Gasteiger partial charge in [-0.1, -0.05) is 36.4 Å². The smallest absolute Gasteiger partial charge is 0.146 e. The van der Waals surface area contributed by atoms with Crippen molar-refractivity contribution in [1.82, 2.24) is 0 Å². The highest BCUT2D eigenvalue weighted by atomic mass is 19.1. The Bertz CT molecular complexity index is 480. The Kier molecular flexibility index (Phi) is 3.73. The molecule has 0 atom stereocenters. The van der Waals surface area contributed by atoms with E-state index in [9.17, 15) is 4.39 Å². The van der Waals surface area contributed by atoms with E-state index in [2.05, 4.69) is 5.32 Å². The topological polar surface area (TPSA) is 38.0 Å². The van der Waals surface area contributed by atoms with Crippen molar-refractivity contribution in [2.75, 3.05) is 5.32 Å². The van der Waals surface area contributed by atoms with Crippen molar-refractivity contribution in [2.45, 2.75) is 13.1 Å². The van der Waals surface area contributed by atoms with Crippen LogP contribution in [0.5, 0.6) is 0 Å². The van der Waals surface area contributed by atoms with E-state index in [0.29, 0.717) is 18.8 Å². The number of halogens is 1. The van der Waals surface area contributed by atoms with Crippen molar-refractivity contribution in [3.63, 3.8) is 0 Å². The number of nitrogens with one attached hydrogen (secondary N) is 1. The molecule has 0 aromatic heterocycles. The Morgan fingerprint density at radius 2 is 1.59 bits per heavy atom. The number of anilines is 1. The van der Waals surface area contributed by atoms with Gasteiger partial charge in [0.15, 0.2) is 0 Å². The van der Waals surface area contributed by atoms with Crippen LogP contribution < -0.4 is 11.1 Å². The van der Waals surface area contributed by atoms with Crippen LogP contribution in [0.25, 0.3) is 0 Å². The molecule has 0 spiro atoms. The third kappa shape index (κ3) is 3.04. The average molecular weight is 230 g/mol. The van der Waals surface area contributed by atoms with Crippen molar-refractivity contribution >= 4 is 5.69 Å². The second kappa shape index (κ2) is 5.46. The molecule has 0 saturated carbocycles. The summed E-state index contributed by atoms with van der Waals surface area (Å²) in [5, 5.41) is 3.06. The predicted octanol–water partition coefficient (Wildman–Crippen LogP) is 2.90. The van der Waals surface area contributed by atoms with Gasteiger partial charge in [-0.25, -0.2) is 4.39 Å². The quantitative estimate of drug-likeness (QED) is 0.847. The first-order chi connectivity index (χ1) is 8.29. The molecule has 0 amide bonds. The molecule has 17 heavy (non-hydrogen) atoms. The van der Waals surface area contributed by atoms with Crippen LogP contribution in [0.1, 0.15) is 11.1 Å². The van der Waals surface area contributed by atoms with E-state index in [4.69, 9.17) is 5.73 Å². The average Bonchev–Trinajstić information content (AvgIpc) is 2.38. The zero-order chi connectivity index (χ0) is 12.1. The lowest BCUT2D eigenvalue weighted by atomic mass is 10.1. The summed E-state index contributed by atoms with van der Waals surface area (Å²) in [5.74, 6) is -0.230. The third-order valence-electron chi connectivity index (χ3n) is 2.62. The number of hydrogen-bond donors (Lipinski definition) is 2. The molecule has 88 valence electrons. The van der Waals surface area contributed by atoms with Gasteiger partial charge in [0.1, 0.15) is 5.82 Å². The maximum Gasteiger partial charge on any atom is 0.146 e. The Labute approximate surface area is 100 Å². The predicted molar refractivity (Wildman–Crippen MR) is 68.1 cm³/mol. The number of hydrogen-bond acceptors (Lipinski definition) is 2. The molecule has 0 unspecified atom stereocenters. The fourth-order valence-electron chi connectivity index (χ4n) is 1.60. The first-order valence-electron chi connectivity index (χ1n) is 5.56. The monoisotopic (exact) mass is 230 g/mol. The summed E-state index contributed by atoms with van der Waals surface area (Å²) >= 11 is 0. The number of benzene rings is 2. The van der Waals surface area contributed by atoms with E-state index < -0.39 is 0 Å². The number of rotatable bonds is 4. The van der Waals surface area contributed by atoms with E-state index in [0.717, 1.165) is 11.1 Å². The number of nitrogens with two attached hydrogens (primary N) is 1. The van der Waals surface area contributed by atoms with Gasteiger partial charge in [-0.2, -0.15) is 0 Å². The van der Waals surface area contributed by atoms with Gasteiger partial charge in [0.2, 0.25) is 0 Å². The van der Waals surface area contributed by atoms with Crippen LogP contribution in [0.2, 0.25) is 0 Å². The largest absolute Gasteiger partial charge is 0.379 e. The van der Waals surface area contributed by atoms with Crippen molar-refractivity contribution in [3.8, 4) is 0 Å². The highest BCUT2D eigenvalue weighted by molar-refractivity contribution is 5.44. The van der Waals surface area contributed by atoms with Crippen LogP contribution in [0.4, 0.5) is 10.1 Å². The lowest BCUT2D eigenvalue weighted by Gasteiger charge is -2.07. The van der Waals surface area contributed by atoms with Gasteiger partial charge < -0.3 is 11.1 Å². The summed E-state index contributed by atoms with van der Waals surface area (Å²) < 4.78 is 13.3. The van der Waals surface area contributed by atoms with Gasteiger partial charge in [-0.3, -0.25) is 0 Å². The SMILES string of the molecule is NCc1ccc(CNc2ccccc2F)cc1. The normalized spacial score (nSPS) is 10.2. The summed E-state index contributed by atoms with van der Waals surface area (Å²) in [4.78, 5) is 0. The summed E-state index contributed by atoms with van der Waals surface area (Å²) in [7, 11) is 0. The van der Waals surface area contributed by atoms with E-state index >= 15 is 0 Å². The molecule has 0 aliphatic rings. The summed E-state index contributed by atoms with van der Waals surface area (Å²) in [6.07, 6.45) is 0. The molecule has 3 heteroatoms. The van der Waals surface area contributed by atoms with Gasteiger partial charge >= 0.3 is 0 Å². The van der Waals surface area contributed by atoms with Gasteiger partial charge in [-0.05, 0) is 23.3 Å². The summed E-state index contributed by atoms with van der Waals surface area (Å²) in [6.45, 7) is 1.15. The molecule has 0 bridgehead atoms. The maximum absolute atomic E-state index is 13.3. The second-order valence-electron chi connectivity index (χ2n) is 3.85. The van der Waals surface area contributed by atoms with Crippen LogP contribution in [0, 0.1) is 5.82 Å². The summed E-state index contributed by atoms with van der Waals surface area (Å²) in [6, 6.07) is 14.6. The van der Waals surface area contributed by atoms with Crippen LogP contribution in [-0.4, -0.2) is 0 Å². The molecule has 0 aliphatic heterocycles. The lowest BCUT2D eigenvalue weighted by molar-refractivity contribution is 0.630. The Hall–Kier alpha value is -1.87. The Balaban J connectivity index is 2.00. The molecule has 0 heterocycles. The minimum atomic E-state index is -0.230. The van der Waals surface area contributed by atoms with Crippen LogP contribution in [0.3, 0.4) is 0 Å². The molecule has 0 fully saturated rings. The Morgan fingerprint density at radius 1 is 0.941 bits per heavy atom. The van der Waals surface area contributed by atoms with Crippen LogP contribution >= 0.6 is 0 Å². The Morgan fingerprint density at radius 3 is 2.24 bits per heavy atom. The molecule has 0 aliphatic carbocycles. The molecular weight excluding hydrogens is 215 g/mol. The molecule has 0 radical (unpaired) electrons.